The minimum atomic E-state index is -1.02. The number of nitrogens with one attached hydrogen (secondary N) is 2. The van der Waals surface area contributed by atoms with Crippen molar-refractivity contribution in [1.82, 2.24) is 5.32 Å². The fraction of sp³-hybridized carbons (Fsp3) is 0.467. The predicted octanol–water partition coefficient (Wildman–Crippen LogP) is 1.82. The highest BCUT2D eigenvalue weighted by atomic mass is 19.1. The molecule has 0 aliphatic heterocycles. The molecule has 22 heavy (non-hydrogen) atoms. The molecule has 1 unspecified atom stereocenters. The Labute approximate surface area is 127 Å². The Bertz CT molecular complexity index is 518. The van der Waals surface area contributed by atoms with E-state index < -0.39 is 23.4 Å². The average molecular weight is 314 g/mol. The Balaban J connectivity index is 2.52. The van der Waals surface area contributed by atoms with Gasteiger partial charge in [-0.15, -0.1) is 0 Å². The Morgan fingerprint density at radius 1 is 1.23 bits per heavy atom. The van der Waals surface area contributed by atoms with Gasteiger partial charge in [0.05, 0.1) is 5.69 Å². The maximum Gasteiger partial charge on any atom is 0.313 e. The second-order valence-electron chi connectivity index (χ2n) is 4.96. The first-order valence-corrected chi connectivity index (χ1v) is 7.13. The van der Waals surface area contributed by atoms with E-state index in [1.807, 2.05) is 6.92 Å². The molecule has 0 saturated carbocycles. The first kappa shape index (κ1) is 18.0. The standard InChI is InChI=1S/C15H20F2N2O3/c1-2-3-10(6-7-20)9-18-14(21)15(22)19-13-5-4-11(16)8-12(13)17/h4-5,8,10,20H,2-3,6-7,9H2,1H3,(H,18,21)(H,19,22). The van der Waals surface area contributed by atoms with Crippen LogP contribution in [0.5, 0.6) is 0 Å². The number of anilines is 1. The molecular weight excluding hydrogens is 294 g/mol. The van der Waals surface area contributed by atoms with Gasteiger partial charge in [0.1, 0.15) is 11.6 Å². The van der Waals surface area contributed by atoms with Gasteiger partial charge in [-0.2, -0.15) is 0 Å². The van der Waals surface area contributed by atoms with Crippen LogP contribution in [0.3, 0.4) is 0 Å². The fourth-order valence-electron chi connectivity index (χ4n) is 2.03. The number of carbonyl (C=O) groups is 2. The largest absolute Gasteiger partial charge is 0.396 e. The molecule has 2 amide bonds. The molecular formula is C15H20F2N2O3. The zero-order valence-electron chi connectivity index (χ0n) is 12.4. The first-order chi connectivity index (χ1) is 10.5. The van der Waals surface area contributed by atoms with Gasteiger partial charge in [0.25, 0.3) is 0 Å². The summed E-state index contributed by atoms with van der Waals surface area (Å²) in [5.41, 5.74) is -0.262. The monoisotopic (exact) mass is 314 g/mol. The van der Waals surface area contributed by atoms with E-state index in [-0.39, 0.29) is 24.8 Å². The van der Waals surface area contributed by atoms with Crippen molar-refractivity contribution in [1.29, 1.82) is 0 Å². The smallest absolute Gasteiger partial charge is 0.313 e. The van der Waals surface area contributed by atoms with Crippen LogP contribution in [0.15, 0.2) is 18.2 Å². The van der Waals surface area contributed by atoms with E-state index in [0.717, 1.165) is 25.0 Å². The number of amides is 2. The number of halogens is 2. The fourth-order valence-corrected chi connectivity index (χ4v) is 2.03. The SMILES string of the molecule is CCCC(CCO)CNC(=O)C(=O)Nc1ccc(F)cc1F. The molecule has 0 heterocycles. The predicted molar refractivity (Wildman–Crippen MR) is 78.1 cm³/mol. The summed E-state index contributed by atoms with van der Waals surface area (Å²) in [6.07, 6.45) is 2.24. The van der Waals surface area contributed by atoms with Gasteiger partial charge in [0.15, 0.2) is 0 Å². The van der Waals surface area contributed by atoms with Crippen molar-refractivity contribution in [2.45, 2.75) is 26.2 Å². The molecule has 1 rings (SSSR count). The lowest BCUT2D eigenvalue weighted by molar-refractivity contribution is -0.136. The van der Waals surface area contributed by atoms with Gasteiger partial charge in [0, 0.05) is 19.2 Å². The summed E-state index contributed by atoms with van der Waals surface area (Å²) in [6.45, 7) is 2.25. The van der Waals surface area contributed by atoms with Gasteiger partial charge in [-0.25, -0.2) is 8.78 Å². The third kappa shape index (κ3) is 5.77. The number of hydrogen-bond acceptors (Lipinski definition) is 3. The summed E-state index contributed by atoms with van der Waals surface area (Å²) < 4.78 is 26.1. The van der Waals surface area contributed by atoms with E-state index in [1.54, 1.807) is 0 Å². The van der Waals surface area contributed by atoms with E-state index in [4.69, 9.17) is 5.11 Å². The van der Waals surface area contributed by atoms with Crippen LogP contribution in [0, 0.1) is 17.6 Å². The molecule has 0 radical (unpaired) electrons. The molecule has 0 aliphatic carbocycles. The summed E-state index contributed by atoms with van der Waals surface area (Å²) in [5.74, 6) is -3.57. The normalized spacial score (nSPS) is 11.8. The summed E-state index contributed by atoms with van der Waals surface area (Å²) in [7, 11) is 0. The van der Waals surface area contributed by atoms with Crippen LogP contribution in [0.1, 0.15) is 26.2 Å². The number of benzene rings is 1. The Hall–Kier alpha value is -2.02. The third-order valence-electron chi connectivity index (χ3n) is 3.17. The molecule has 1 aromatic carbocycles. The highest BCUT2D eigenvalue weighted by Crippen LogP contribution is 2.14. The quantitative estimate of drug-likeness (QED) is 0.672. The van der Waals surface area contributed by atoms with E-state index in [2.05, 4.69) is 10.6 Å². The molecule has 0 bridgehead atoms. The lowest BCUT2D eigenvalue weighted by Crippen LogP contribution is -2.38. The average Bonchev–Trinajstić information content (AvgIpc) is 2.47. The topological polar surface area (TPSA) is 78.4 Å². The molecule has 0 fully saturated rings. The van der Waals surface area contributed by atoms with Crippen LogP contribution in [0.4, 0.5) is 14.5 Å². The number of rotatable bonds is 7. The van der Waals surface area contributed by atoms with Crippen LogP contribution in [-0.2, 0) is 9.59 Å². The van der Waals surface area contributed by atoms with Crippen LogP contribution in [-0.4, -0.2) is 30.1 Å². The van der Waals surface area contributed by atoms with Crippen LogP contribution in [0.25, 0.3) is 0 Å². The minimum Gasteiger partial charge on any atom is -0.396 e. The molecule has 3 N–H and O–H groups in total. The van der Waals surface area contributed by atoms with Crippen LogP contribution < -0.4 is 10.6 Å². The van der Waals surface area contributed by atoms with Crippen molar-refractivity contribution in [3.8, 4) is 0 Å². The summed E-state index contributed by atoms with van der Waals surface area (Å²) in [6, 6.07) is 2.64. The molecule has 5 nitrogen and oxygen atoms in total. The molecule has 0 aromatic heterocycles. The molecule has 1 aromatic rings. The van der Waals surface area contributed by atoms with E-state index in [1.165, 1.54) is 0 Å². The van der Waals surface area contributed by atoms with E-state index in [0.29, 0.717) is 12.5 Å². The van der Waals surface area contributed by atoms with Gasteiger partial charge in [-0.3, -0.25) is 9.59 Å². The number of carbonyl (C=O) groups excluding carboxylic acids is 2. The number of aliphatic hydroxyl groups is 1. The van der Waals surface area contributed by atoms with Gasteiger partial charge < -0.3 is 15.7 Å². The second kappa shape index (κ2) is 9.09. The summed E-state index contributed by atoms with van der Waals surface area (Å²) in [5, 5.41) is 13.4. The van der Waals surface area contributed by atoms with Crippen molar-refractivity contribution in [2.75, 3.05) is 18.5 Å². The molecule has 7 heteroatoms. The van der Waals surface area contributed by atoms with Gasteiger partial charge in [-0.05, 0) is 30.9 Å². The zero-order valence-corrected chi connectivity index (χ0v) is 12.4. The molecule has 1 atom stereocenters. The lowest BCUT2D eigenvalue weighted by Gasteiger charge is -2.15. The van der Waals surface area contributed by atoms with Crippen molar-refractivity contribution in [3.63, 3.8) is 0 Å². The summed E-state index contributed by atoms with van der Waals surface area (Å²) in [4.78, 5) is 23.3. The maximum absolute atomic E-state index is 13.4. The van der Waals surface area contributed by atoms with Gasteiger partial charge in [-0.1, -0.05) is 13.3 Å². The second-order valence-corrected chi connectivity index (χ2v) is 4.96. The van der Waals surface area contributed by atoms with E-state index in [9.17, 15) is 18.4 Å². The number of aliphatic hydroxyl groups excluding tert-OH is 1. The highest BCUT2D eigenvalue weighted by molar-refractivity contribution is 6.39. The van der Waals surface area contributed by atoms with Crippen molar-refractivity contribution >= 4 is 17.5 Å². The summed E-state index contributed by atoms with van der Waals surface area (Å²) >= 11 is 0. The van der Waals surface area contributed by atoms with Crippen molar-refractivity contribution in [3.05, 3.63) is 29.8 Å². The van der Waals surface area contributed by atoms with Crippen molar-refractivity contribution in [2.24, 2.45) is 5.92 Å². The molecule has 0 aliphatic rings. The van der Waals surface area contributed by atoms with Gasteiger partial charge in [0.2, 0.25) is 0 Å². The molecule has 0 saturated heterocycles. The number of hydrogen-bond donors (Lipinski definition) is 3. The lowest BCUT2D eigenvalue weighted by atomic mass is 10.0. The third-order valence-corrected chi connectivity index (χ3v) is 3.17. The first-order valence-electron chi connectivity index (χ1n) is 7.13. The van der Waals surface area contributed by atoms with Crippen LogP contribution >= 0.6 is 0 Å². The Kier molecular flexibility index (Phi) is 7.45. The molecule has 0 spiro atoms. The minimum absolute atomic E-state index is 0.00746. The Morgan fingerprint density at radius 3 is 2.55 bits per heavy atom. The zero-order chi connectivity index (χ0) is 16.5. The Morgan fingerprint density at radius 2 is 1.95 bits per heavy atom. The maximum atomic E-state index is 13.4. The van der Waals surface area contributed by atoms with E-state index >= 15 is 0 Å². The highest BCUT2D eigenvalue weighted by Gasteiger charge is 2.17. The van der Waals surface area contributed by atoms with Crippen molar-refractivity contribution < 1.29 is 23.5 Å². The molecule has 122 valence electrons. The van der Waals surface area contributed by atoms with Crippen LogP contribution in [0.2, 0.25) is 0 Å². The van der Waals surface area contributed by atoms with Gasteiger partial charge >= 0.3 is 11.8 Å².